The molecule has 0 atom stereocenters. The van der Waals surface area contributed by atoms with Crippen LogP contribution in [-0.4, -0.2) is 4.98 Å². The van der Waals surface area contributed by atoms with E-state index < -0.39 is 0 Å². The molecule has 0 aliphatic rings. The molecule has 0 aliphatic carbocycles. The second-order valence-corrected chi connectivity index (χ2v) is 4.62. The van der Waals surface area contributed by atoms with Gasteiger partial charge in [-0.25, -0.2) is 4.98 Å². The van der Waals surface area contributed by atoms with Gasteiger partial charge in [-0.1, -0.05) is 57.5 Å². The highest BCUT2D eigenvalue weighted by atomic mass is 79.9. The molecule has 0 radical (unpaired) electrons. The van der Waals surface area contributed by atoms with Crippen molar-refractivity contribution in [1.29, 1.82) is 0 Å². The normalized spacial score (nSPS) is 8.70. The molecule has 0 aliphatic heterocycles. The monoisotopic (exact) mass is 336 g/mol. The predicted molar refractivity (Wildman–Crippen MR) is 93.1 cm³/mol. The first-order valence-corrected chi connectivity index (χ1v) is 7.94. The lowest BCUT2D eigenvalue weighted by Crippen LogP contribution is -2.00. The molecule has 1 aromatic heterocycles. The molecule has 0 saturated heterocycles. The Morgan fingerprint density at radius 3 is 2.05 bits per heavy atom. The summed E-state index contributed by atoms with van der Waals surface area (Å²) in [6.45, 7) is 10.9. The van der Waals surface area contributed by atoms with Crippen molar-refractivity contribution in [2.24, 2.45) is 0 Å². The fourth-order valence-corrected chi connectivity index (χ4v) is 1.61. The molecule has 0 unspecified atom stereocenters. The average Bonchev–Trinajstić information content (AvgIpc) is 2.52. The number of pyridine rings is 1. The molecule has 2 aromatic rings. The summed E-state index contributed by atoms with van der Waals surface area (Å²) in [6, 6.07) is 12.4. The van der Waals surface area contributed by atoms with Gasteiger partial charge in [-0.15, -0.1) is 0 Å². The molecule has 2 rings (SSSR count). The van der Waals surface area contributed by atoms with E-state index >= 15 is 0 Å². The number of aryl methyl sites for hydroxylation is 1. The van der Waals surface area contributed by atoms with E-state index in [-0.39, 0.29) is 0 Å². The summed E-state index contributed by atoms with van der Waals surface area (Å²) in [5.74, 6) is 0.892. The van der Waals surface area contributed by atoms with E-state index in [0.29, 0.717) is 0 Å². The molecule has 0 saturated carbocycles. The number of anilines is 1. The first kappa shape index (κ1) is 18.7. The van der Waals surface area contributed by atoms with E-state index in [9.17, 15) is 0 Å². The van der Waals surface area contributed by atoms with Gasteiger partial charge in [0.05, 0.1) is 0 Å². The largest absolute Gasteiger partial charge is 0.366 e. The first-order valence-electron chi connectivity index (χ1n) is 7.15. The molecule has 0 bridgehead atoms. The van der Waals surface area contributed by atoms with Crippen LogP contribution in [0.3, 0.4) is 0 Å². The van der Waals surface area contributed by atoms with Gasteiger partial charge in [0.1, 0.15) is 5.82 Å². The maximum absolute atomic E-state index is 4.25. The highest BCUT2D eigenvalue weighted by Crippen LogP contribution is 2.11. The van der Waals surface area contributed by atoms with Crippen molar-refractivity contribution in [3.8, 4) is 0 Å². The topological polar surface area (TPSA) is 24.9 Å². The third-order valence-electron chi connectivity index (χ3n) is 2.32. The standard InChI is InChI=1S/C13H13BrN2.2C2H6/c1-10-2-4-11(5-3-10)8-15-13-7-6-12(14)9-16-13;2*1-2/h2-7,9H,8H2,1H3,(H,15,16);2*1-2H3. The van der Waals surface area contributed by atoms with Crippen LogP contribution in [-0.2, 0) is 6.54 Å². The lowest BCUT2D eigenvalue weighted by molar-refractivity contribution is 1.11. The van der Waals surface area contributed by atoms with Crippen LogP contribution in [0.1, 0.15) is 38.8 Å². The number of halogens is 1. The van der Waals surface area contributed by atoms with Gasteiger partial charge in [-0.05, 0) is 40.5 Å². The van der Waals surface area contributed by atoms with Crippen molar-refractivity contribution >= 4 is 21.7 Å². The number of hydrogen-bond donors (Lipinski definition) is 1. The summed E-state index contributed by atoms with van der Waals surface area (Å²) in [5.41, 5.74) is 2.54. The van der Waals surface area contributed by atoms with E-state index in [4.69, 9.17) is 0 Å². The predicted octanol–water partition coefficient (Wildman–Crippen LogP) is 5.82. The van der Waals surface area contributed by atoms with Gasteiger partial charge in [-0.3, -0.25) is 0 Å². The maximum atomic E-state index is 4.25. The summed E-state index contributed by atoms with van der Waals surface area (Å²) in [7, 11) is 0. The summed E-state index contributed by atoms with van der Waals surface area (Å²) in [6.07, 6.45) is 1.79. The van der Waals surface area contributed by atoms with Gasteiger partial charge < -0.3 is 5.32 Å². The van der Waals surface area contributed by atoms with Crippen LogP contribution in [0.4, 0.5) is 5.82 Å². The summed E-state index contributed by atoms with van der Waals surface area (Å²) >= 11 is 3.36. The second-order valence-electron chi connectivity index (χ2n) is 3.70. The van der Waals surface area contributed by atoms with Crippen LogP contribution in [0.25, 0.3) is 0 Å². The molecule has 2 nitrogen and oxygen atoms in total. The summed E-state index contributed by atoms with van der Waals surface area (Å²) in [4.78, 5) is 4.25. The van der Waals surface area contributed by atoms with Crippen molar-refractivity contribution in [3.63, 3.8) is 0 Å². The minimum atomic E-state index is 0.801. The van der Waals surface area contributed by atoms with Gasteiger partial charge >= 0.3 is 0 Å². The number of hydrogen-bond acceptors (Lipinski definition) is 2. The van der Waals surface area contributed by atoms with Gasteiger partial charge in [0.25, 0.3) is 0 Å². The van der Waals surface area contributed by atoms with Gasteiger partial charge in [-0.2, -0.15) is 0 Å². The van der Waals surface area contributed by atoms with Crippen molar-refractivity contribution in [2.75, 3.05) is 5.32 Å². The molecule has 1 heterocycles. The second kappa shape index (κ2) is 11.5. The Kier molecular flexibility index (Phi) is 10.7. The molecule has 0 fully saturated rings. The zero-order valence-corrected chi connectivity index (χ0v) is 14.7. The Bertz CT molecular complexity index is 404. The number of nitrogens with zero attached hydrogens (tertiary/aromatic N) is 1. The Morgan fingerprint density at radius 2 is 1.55 bits per heavy atom. The Balaban J connectivity index is 0.000000829. The fraction of sp³-hybridized carbons (Fsp3) is 0.353. The average molecular weight is 337 g/mol. The number of nitrogens with one attached hydrogen (secondary N) is 1. The van der Waals surface area contributed by atoms with Crippen molar-refractivity contribution in [3.05, 3.63) is 58.2 Å². The molecule has 3 heteroatoms. The SMILES string of the molecule is CC.CC.Cc1ccc(CNc2ccc(Br)cn2)cc1. The third kappa shape index (κ3) is 7.29. The van der Waals surface area contributed by atoms with Crippen LogP contribution in [0, 0.1) is 6.92 Å². The maximum Gasteiger partial charge on any atom is 0.126 e. The van der Waals surface area contributed by atoms with Crippen molar-refractivity contribution in [2.45, 2.75) is 41.2 Å². The van der Waals surface area contributed by atoms with Gasteiger partial charge in [0.2, 0.25) is 0 Å². The lowest BCUT2D eigenvalue weighted by atomic mass is 10.1. The molecular formula is C17H25BrN2. The van der Waals surface area contributed by atoms with Gasteiger partial charge in [0.15, 0.2) is 0 Å². The van der Waals surface area contributed by atoms with E-state index in [0.717, 1.165) is 16.8 Å². The molecule has 0 spiro atoms. The number of rotatable bonds is 3. The zero-order valence-electron chi connectivity index (χ0n) is 13.1. The smallest absolute Gasteiger partial charge is 0.126 e. The highest BCUT2D eigenvalue weighted by Gasteiger charge is 1.95. The minimum Gasteiger partial charge on any atom is -0.366 e. The Labute approximate surface area is 131 Å². The van der Waals surface area contributed by atoms with E-state index in [1.165, 1.54) is 11.1 Å². The molecule has 110 valence electrons. The van der Waals surface area contributed by atoms with Gasteiger partial charge in [0, 0.05) is 17.2 Å². The van der Waals surface area contributed by atoms with Crippen LogP contribution >= 0.6 is 15.9 Å². The highest BCUT2D eigenvalue weighted by molar-refractivity contribution is 9.10. The molecule has 0 amide bonds. The minimum absolute atomic E-state index is 0.801. The van der Waals surface area contributed by atoms with Crippen molar-refractivity contribution in [1.82, 2.24) is 4.98 Å². The van der Waals surface area contributed by atoms with Crippen LogP contribution in [0.15, 0.2) is 47.1 Å². The summed E-state index contributed by atoms with van der Waals surface area (Å²) in [5, 5.41) is 3.28. The molecule has 20 heavy (non-hydrogen) atoms. The summed E-state index contributed by atoms with van der Waals surface area (Å²) < 4.78 is 0.994. The first-order chi connectivity index (χ1) is 9.74. The Morgan fingerprint density at radius 1 is 0.950 bits per heavy atom. The quantitative estimate of drug-likeness (QED) is 0.764. The Hall–Kier alpha value is -1.35. The fourth-order valence-electron chi connectivity index (χ4n) is 1.38. The van der Waals surface area contributed by atoms with Crippen LogP contribution in [0.5, 0.6) is 0 Å². The zero-order chi connectivity index (χ0) is 15.4. The number of aromatic nitrogens is 1. The van der Waals surface area contributed by atoms with E-state index in [2.05, 4.69) is 57.4 Å². The lowest BCUT2D eigenvalue weighted by Gasteiger charge is -2.05. The third-order valence-corrected chi connectivity index (χ3v) is 2.79. The van der Waals surface area contributed by atoms with Crippen molar-refractivity contribution < 1.29 is 0 Å². The molecular weight excluding hydrogens is 312 g/mol. The van der Waals surface area contributed by atoms with E-state index in [1.807, 2.05) is 39.8 Å². The number of benzene rings is 1. The molecule has 1 aromatic carbocycles. The van der Waals surface area contributed by atoms with E-state index in [1.54, 1.807) is 6.20 Å². The van der Waals surface area contributed by atoms with Crippen LogP contribution < -0.4 is 5.32 Å². The van der Waals surface area contributed by atoms with Crippen LogP contribution in [0.2, 0.25) is 0 Å². The molecule has 1 N–H and O–H groups in total.